The molecule has 0 aromatic carbocycles. The average Bonchev–Trinajstić information content (AvgIpc) is 3.07. The summed E-state index contributed by atoms with van der Waals surface area (Å²) in [5, 5.41) is 3.01. The summed E-state index contributed by atoms with van der Waals surface area (Å²) in [7, 11) is 1.96. The van der Waals surface area contributed by atoms with E-state index in [-0.39, 0.29) is 17.4 Å². The molecule has 1 saturated heterocycles. The number of nitrogens with zero attached hydrogens (tertiary/aromatic N) is 1. The number of likely N-dealkylation sites (N-methyl/N-ethyl adjacent to an activating group) is 1. The number of ether oxygens (including phenoxy) is 2. The summed E-state index contributed by atoms with van der Waals surface area (Å²) in [6.45, 7) is 4.77. The maximum atomic E-state index is 12.3. The minimum atomic E-state index is -0.238. The third-order valence-electron chi connectivity index (χ3n) is 5.37. The molecule has 2 fully saturated rings. The van der Waals surface area contributed by atoms with Crippen LogP contribution < -0.4 is 5.32 Å². The zero-order chi connectivity index (χ0) is 17.4. The molecule has 6 heteroatoms. The molecule has 138 valence electrons. The van der Waals surface area contributed by atoms with Crippen molar-refractivity contribution in [2.24, 2.45) is 5.92 Å². The van der Waals surface area contributed by atoms with E-state index < -0.39 is 0 Å². The molecule has 0 aromatic rings. The van der Waals surface area contributed by atoms with Crippen molar-refractivity contribution in [1.29, 1.82) is 0 Å². The quantitative estimate of drug-likeness (QED) is 0.682. The molecule has 1 N–H and O–H groups in total. The maximum Gasteiger partial charge on any atom is 0.307 e. The smallest absolute Gasteiger partial charge is 0.307 e. The van der Waals surface area contributed by atoms with Crippen molar-refractivity contribution < 1.29 is 19.1 Å². The Morgan fingerprint density at radius 3 is 2.67 bits per heavy atom. The first kappa shape index (κ1) is 19.2. The van der Waals surface area contributed by atoms with E-state index in [0.29, 0.717) is 32.0 Å². The van der Waals surface area contributed by atoms with E-state index in [2.05, 4.69) is 10.2 Å². The topological polar surface area (TPSA) is 67.9 Å². The number of esters is 1. The summed E-state index contributed by atoms with van der Waals surface area (Å²) >= 11 is 0. The molecule has 0 bridgehead atoms. The van der Waals surface area contributed by atoms with Gasteiger partial charge in [-0.25, -0.2) is 0 Å². The van der Waals surface area contributed by atoms with E-state index >= 15 is 0 Å². The Morgan fingerprint density at radius 2 is 2.04 bits per heavy atom. The minimum Gasteiger partial charge on any atom is -0.466 e. The summed E-state index contributed by atoms with van der Waals surface area (Å²) in [4.78, 5) is 26.4. The molecule has 1 heterocycles. The molecule has 2 aliphatic rings. The molecule has 1 aliphatic heterocycles. The van der Waals surface area contributed by atoms with Crippen LogP contribution in [-0.4, -0.2) is 62.3 Å². The van der Waals surface area contributed by atoms with E-state index in [1.807, 2.05) is 14.0 Å². The summed E-state index contributed by atoms with van der Waals surface area (Å²) in [6.07, 6.45) is 6.70. The Kier molecular flexibility index (Phi) is 7.49. The number of amides is 1. The lowest BCUT2D eigenvalue weighted by molar-refractivity contribution is -0.148. The molecule has 1 aliphatic carbocycles. The molecule has 1 atom stereocenters. The lowest BCUT2D eigenvalue weighted by atomic mass is 9.78. The lowest BCUT2D eigenvalue weighted by Crippen LogP contribution is -2.53. The van der Waals surface area contributed by atoms with Crippen molar-refractivity contribution >= 4 is 11.9 Å². The van der Waals surface area contributed by atoms with Crippen LogP contribution in [0.5, 0.6) is 0 Å². The first-order valence-corrected chi connectivity index (χ1v) is 9.27. The first-order valence-electron chi connectivity index (χ1n) is 9.27. The van der Waals surface area contributed by atoms with Gasteiger partial charge in [-0.1, -0.05) is 19.3 Å². The number of hydrogen-bond donors (Lipinski definition) is 1. The molecular weight excluding hydrogens is 308 g/mol. The van der Waals surface area contributed by atoms with Gasteiger partial charge < -0.3 is 14.8 Å². The van der Waals surface area contributed by atoms with Crippen LogP contribution in [0.3, 0.4) is 0 Å². The zero-order valence-corrected chi connectivity index (χ0v) is 15.1. The average molecular weight is 340 g/mol. The highest BCUT2D eigenvalue weighted by molar-refractivity contribution is 5.78. The van der Waals surface area contributed by atoms with Crippen molar-refractivity contribution in [2.75, 3.05) is 40.0 Å². The number of nitrogens with one attached hydrogen (secondary N) is 1. The Balaban J connectivity index is 1.87. The van der Waals surface area contributed by atoms with Crippen LogP contribution in [0.2, 0.25) is 0 Å². The summed E-state index contributed by atoms with van der Waals surface area (Å²) in [6, 6.07) is 0. The van der Waals surface area contributed by atoms with Gasteiger partial charge in [0.15, 0.2) is 0 Å². The number of carbonyl (C=O) groups excluding carboxylic acids is 2. The number of carbonyl (C=O) groups is 2. The van der Waals surface area contributed by atoms with Crippen LogP contribution in [0.15, 0.2) is 0 Å². The van der Waals surface area contributed by atoms with Crippen LogP contribution in [0, 0.1) is 5.92 Å². The van der Waals surface area contributed by atoms with Gasteiger partial charge in [0.2, 0.25) is 5.91 Å². The summed E-state index contributed by atoms with van der Waals surface area (Å²) < 4.78 is 10.5. The third kappa shape index (κ3) is 5.45. The van der Waals surface area contributed by atoms with Gasteiger partial charge >= 0.3 is 5.97 Å². The van der Waals surface area contributed by atoms with Gasteiger partial charge in [0, 0.05) is 24.6 Å². The zero-order valence-electron chi connectivity index (χ0n) is 15.1. The Hall–Kier alpha value is -1.14. The minimum absolute atomic E-state index is 0.0261. The number of hydrogen-bond acceptors (Lipinski definition) is 5. The van der Waals surface area contributed by atoms with Crippen molar-refractivity contribution in [1.82, 2.24) is 10.2 Å². The Morgan fingerprint density at radius 1 is 1.29 bits per heavy atom. The standard InChI is InChI=1S/C18H32N2O4/c1-3-24-17(22)11-18(8-5-4-6-9-18)20(2)13-16(21)19-12-15-7-10-23-14-15/h15H,3-14H2,1-2H3,(H,19,21)/t15-/m0/s1. The molecule has 1 amide bonds. The fourth-order valence-electron chi connectivity index (χ4n) is 3.83. The maximum absolute atomic E-state index is 12.3. The highest BCUT2D eigenvalue weighted by Gasteiger charge is 2.39. The van der Waals surface area contributed by atoms with Gasteiger partial charge in [0.1, 0.15) is 0 Å². The molecule has 0 unspecified atom stereocenters. The Bertz CT molecular complexity index is 415. The molecule has 6 nitrogen and oxygen atoms in total. The van der Waals surface area contributed by atoms with Gasteiger partial charge in [0.05, 0.1) is 26.2 Å². The molecule has 2 rings (SSSR count). The summed E-state index contributed by atoms with van der Waals surface area (Å²) in [5.74, 6) is 0.301. The first-order chi connectivity index (χ1) is 11.6. The van der Waals surface area contributed by atoms with Crippen molar-refractivity contribution in [3.05, 3.63) is 0 Å². The van der Waals surface area contributed by atoms with Gasteiger partial charge in [-0.05, 0) is 33.2 Å². The van der Waals surface area contributed by atoms with Gasteiger partial charge in [-0.2, -0.15) is 0 Å². The van der Waals surface area contributed by atoms with E-state index in [9.17, 15) is 9.59 Å². The summed E-state index contributed by atoms with van der Waals surface area (Å²) in [5.41, 5.74) is -0.238. The number of rotatable bonds is 8. The van der Waals surface area contributed by atoms with Crippen LogP contribution in [0.25, 0.3) is 0 Å². The Labute approximate surface area is 145 Å². The van der Waals surface area contributed by atoms with Crippen molar-refractivity contribution in [3.8, 4) is 0 Å². The van der Waals surface area contributed by atoms with Crippen LogP contribution in [0.4, 0.5) is 0 Å². The van der Waals surface area contributed by atoms with E-state index in [1.54, 1.807) is 0 Å². The lowest BCUT2D eigenvalue weighted by Gasteiger charge is -2.44. The predicted octanol–water partition coefficient (Wildman–Crippen LogP) is 1.73. The molecule has 0 aromatic heterocycles. The second-order valence-electron chi connectivity index (χ2n) is 7.16. The highest BCUT2D eigenvalue weighted by atomic mass is 16.5. The van der Waals surface area contributed by atoms with Gasteiger partial charge in [-0.3, -0.25) is 14.5 Å². The van der Waals surface area contributed by atoms with E-state index in [0.717, 1.165) is 45.3 Å². The molecule has 0 spiro atoms. The van der Waals surface area contributed by atoms with Gasteiger partial charge in [-0.15, -0.1) is 0 Å². The second-order valence-corrected chi connectivity index (χ2v) is 7.16. The van der Waals surface area contributed by atoms with Gasteiger partial charge in [0.25, 0.3) is 0 Å². The SMILES string of the molecule is CCOC(=O)CC1(N(C)CC(=O)NC[C@@H]2CCOC2)CCCCC1. The van der Waals surface area contributed by atoms with Crippen LogP contribution in [-0.2, 0) is 19.1 Å². The van der Waals surface area contributed by atoms with Crippen molar-refractivity contribution in [2.45, 2.75) is 57.4 Å². The second kappa shape index (κ2) is 9.37. The van der Waals surface area contributed by atoms with Crippen LogP contribution >= 0.6 is 0 Å². The monoisotopic (exact) mass is 340 g/mol. The predicted molar refractivity (Wildman–Crippen MR) is 91.6 cm³/mol. The van der Waals surface area contributed by atoms with Crippen molar-refractivity contribution in [3.63, 3.8) is 0 Å². The van der Waals surface area contributed by atoms with Crippen LogP contribution in [0.1, 0.15) is 51.9 Å². The van der Waals surface area contributed by atoms with E-state index in [1.165, 1.54) is 6.42 Å². The molecule has 24 heavy (non-hydrogen) atoms. The molecule has 1 saturated carbocycles. The third-order valence-corrected chi connectivity index (χ3v) is 5.37. The fraction of sp³-hybridized carbons (Fsp3) is 0.889. The fourth-order valence-corrected chi connectivity index (χ4v) is 3.83. The largest absolute Gasteiger partial charge is 0.466 e. The van der Waals surface area contributed by atoms with E-state index in [4.69, 9.17) is 9.47 Å². The normalized spacial score (nSPS) is 23.2. The highest BCUT2D eigenvalue weighted by Crippen LogP contribution is 2.36. The molecular formula is C18H32N2O4. The molecule has 0 radical (unpaired) electrons.